The van der Waals surface area contributed by atoms with Crippen LogP contribution in [0.15, 0.2) is 23.2 Å². The van der Waals surface area contributed by atoms with Crippen molar-refractivity contribution in [2.75, 3.05) is 52.7 Å². The Balaban J connectivity index is 0.00000544. The molecule has 1 heterocycles. The van der Waals surface area contributed by atoms with Crippen LogP contribution in [0.5, 0.6) is 11.5 Å². The van der Waals surface area contributed by atoms with Gasteiger partial charge in [0, 0.05) is 32.2 Å². The SMILES string of the molecule is CCCOc1ccc(C(C)NC(=NCCCOCC2CCOC2)NCC)cc1OCCC.I. The highest BCUT2D eigenvalue weighted by molar-refractivity contribution is 14.0. The van der Waals surface area contributed by atoms with Crippen molar-refractivity contribution in [1.82, 2.24) is 10.6 Å². The number of hydrogen-bond acceptors (Lipinski definition) is 5. The molecule has 2 rings (SSSR count). The van der Waals surface area contributed by atoms with Crippen molar-refractivity contribution in [3.05, 3.63) is 23.8 Å². The second kappa shape index (κ2) is 18.1. The summed E-state index contributed by atoms with van der Waals surface area (Å²) >= 11 is 0. The molecule has 0 saturated carbocycles. The Morgan fingerprint density at radius 2 is 1.88 bits per heavy atom. The molecular formula is C25H44IN3O4. The van der Waals surface area contributed by atoms with Gasteiger partial charge in [-0.05, 0) is 57.2 Å². The standard InChI is InChI=1S/C25H43N3O4.HI/c1-5-13-31-23-10-9-22(17-24(23)32-14-6-2)20(4)28-25(26-7-3)27-12-8-15-29-18-21-11-16-30-19-21;/h9-10,17,20-21H,5-8,11-16,18-19H2,1-4H3,(H2,26,27,28);1H. The van der Waals surface area contributed by atoms with Crippen molar-refractivity contribution in [2.45, 2.75) is 59.4 Å². The molecule has 2 atom stereocenters. The molecule has 1 aliphatic heterocycles. The van der Waals surface area contributed by atoms with Crippen LogP contribution in [-0.4, -0.2) is 58.7 Å². The summed E-state index contributed by atoms with van der Waals surface area (Å²) in [5.74, 6) is 2.98. The lowest BCUT2D eigenvalue weighted by Gasteiger charge is -2.20. The first-order valence-corrected chi connectivity index (χ1v) is 12.3. The van der Waals surface area contributed by atoms with Gasteiger partial charge in [0.05, 0.1) is 32.5 Å². The summed E-state index contributed by atoms with van der Waals surface area (Å²) < 4.78 is 23.0. The molecule has 0 amide bonds. The molecule has 2 unspecified atom stereocenters. The molecule has 0 spiro atoms. The average Bonchev–Trinajstić information content (AvgIpc) is 3.32. The Morgan fingerprint density at radius 1 is 1.12 bits per heavy atom. The highest BCUT2D eigenvalue weighted by Crippen LogP contribution is 2.31. The molecule has 1 fully saturated rings. The van der Waals surface area contributed by atoms with Crippen molar-refractivity contribution in [3.63, 3.8) is 0 Å². The largest absolute Gasteiger partial charge is 0.490 e. The molecule has 1 aliphatic rings. The smallest absolute Gasteiger partial charge is 0.191 e. The Kier molecular flexibility index (Phi) is 16.3. The third kappa shape index (κ3) is 11.6. The summed E-state index contributed by atoms with van der Waals surface area (Å²) in [4.78, 5) is 4.71. The molecule has 190 valence electrons. The molecule has 0 bridgehead atoms. The van der Waals surface area contributed by atoms with Crippen LogP contribution in [0.2, 0.25) is 0 Å². The van der Waals surface area contributed by atoms with Gasteiger partial charge < -0.3 is 29.6 Å². The minimum absolute atomic E-state index is 0. The minimum atomic E-state index is 0. The van der Waals surface area contributed by atoms with Gasteiger partial charge >= 0.3 is 0 Å². The molecule has 2 N–H and O–H groups in total. The van der Waals surface area contributed by atoms with Crippen LogP contribution in [-0.2, 0) is 9.47 Å². The van der Waals surface area contributed by atoms with Crippen molar-refractivity contribution in [2.24, 2.45) is 10.9 Å². The maximum absolute atomic E-state index is 5.95. The van der Waals surface area contributed by atoms with Gasteiger partial charge in [0.1, 0.15) is 0 Å². The van der Waals surface area contributed by atoms with Gasteiger partial charge in [0.15, 0.2) is 17.5 Å². The van der Waals surface area contributed by atoms with Crippen LogP contribution in [0, 0.1) is 5.92 Å². The number of aliphatic imine (C=N–C) groups is 1. The topological polar surface area (TPSA) is 73.3 Å². The first-order chi connectivity index (χ1) is 15.7. The van der Waals surface area contributed by atoms with Crippen molar-refractivity contribution < 1.29 is 18.9 Å². The number of guanidine groups is 1. The highest BCUT2D eigenvalue weighted by Gasteiger charge is 2.15. The van der Waals surface area contributed by atoms with Crippen LogP contribution < -0.4 is 20.1 Å². The number of halogens is 1. The summed E-state index contributed by atoms with van der Waals surface area (Å²) in [5.41, 5.74) is 1.13. The van der Waals surface area contributed by atoms with Crippen LogP contribution in [0.25, 0.3) is 0 Å². The number of hydrogen-bond donors (Lipinski definition) is 2. The van der Waals surface area contributed by atoms with Gasteiger partial charge in [0.25, 0.3) is 0 Å². The quantitative estimate of drug-likeness (QED) is 0.133. The summed E-state index contributed by atoms with van der Waals surface area (Å²) in [6, 6.07) is 6.24. The van der Waals surface area contributed by atoms with Crippen molar-refractivity contribution >= 4 is 29.9 Å². The van der Waals surface area contributed by atoms with E-state index in [9.17, 15) is 0 Å². The van der Waals surface area contributed by atoms with E-state index in [1.54, 1.807) is 0 Å². The van der Waals surface area contributed by atoms with E-state index in [-0.39, 0.29) is 30.0 Å². The first-order valence-electron chi connectivity index (χ1n) is 12.3. The van der Waals surface area contributed by atoms with Crippen LogP contribution in [0.3, 0.4) is 0 Å². The summed E-state index contributed by atoms with van der Waals surface area (Å²) in [5, 5.41) is 6.83. The Hall–Kier alpha value is -1.26. The third-order valence-corrected chi connectivity index (χ3v) is 5.18. The Morgan fingerprint density at radius 3 is 2.55 bits per heavy atom. The van der Waals surface area contributed by atoms with E-state index < -0.39 is 0 Å². The van der Waals surface area contributed by atoms with Gasteiger partial charge in [-0.15, -0.1) is 24.0 Å². The number of rotatable bonds is 15. The molecule has 1 aromatic carbocycles. The average molecular weight is 578 g/mol. The molecule has 0 aliphatic carbocycles. The van der Waals surface area contributed by atoms with E-state index in [1.807, 2.05) is 6.07 Å². The van der Waals surface area contributed by atoms with Gasteiger partial charge in [-0.1, -0.05) is 19.9 Å². The predicted molar refractivity (Wildman–Crippen MR) is 145 cm³/mol. The van der Waals surface area contributed by atoms with Gasteiger partial charge in [-0.2, -0.15) is 0 Å². The minimum Gasteiger partial charge on any atom is -0.490 e. The van der Waals surface area contributed by atoms with E-state index in [0.717, 1.165) is 88.2 Å². The lowest BCUT2D eigenvalue weighted by molar-refractivity contribution is 0.0893. The number of ether oxygens (including phenoxy) is 4. The molecule has 0 radical (unpaired) electrons. The number of benzene rings is 1. The van der Waals surface area contributed by atoms with Crippen LogP contribution in [0.4, 0.5) is 0 Å². The fraction of sp³-hybridized carbons (Fsp3) is 0.720. The number of nitrogens with one attached hydrogen (secondary N) is 2. The fourth-order valence-electron chi connectivity index (χ4n) is 3.38. The Labute approximate surface area is 217 Å². The van der Waals surface area contributed by atoms with E-state index >= 15 is 0 Å². The molecule has 8 heteroatoms. The monoisotopic (exact) mass is 577 g/mol. The van der Waals surface area contributed by atoms with Crippen LogP contribution >= 0.6 is 24.0 Å². The number of nitrogens with zero attached hydrogens (tertiary/aromatic N) is 1. The van der Waals surface area contributed by atoms with E-state index in [4.69, 9.17) is 23.9 Å². The van der Waals surface area contributed by atoms with E-state index in [0.29, 0.717) is 19.1 Å². The lowest BCUT2D eigenvalue weighted by atomic mass is 10.1. The second-order valence-electron chi connectivity index (χ2n) is 8.19. The molecular weight excluding hydrogens is 533 g/mol. The summed E-state index contributed by atoms with van der Waals surface area (Å²) in [6.45, 7) is 14.5. The predicted octanol–water partition coefficient (Wildman–Crippen LogP) is 4.94. The maximum atomic E-state index is 5.95. The van der Waals surface area contributed by atoms with Gasteiger partial charge in [-0.3, -0.25) is 4.99 Å². The van der Waals surface area contributed by atoms with E-state index in [2.05, 4.69) is 50.5 Å². The lowest BCUT2D eigenvalue weighted by Crippen LogP contribution is -2.38. The van der Waals surface area contributed by atoms with Gasteiger partial charge in [0.2, 0.25) is 0 Å². The zero-order chi connectivity index (χ0) is 23.0. The molecule has 1 aromatic rings. The van der Waals surface area contributed by atoms with E-state index in [1.165, 1.54) is 0 Å². The molecule has 7 nitrogen and oxygen atoms in total. The zero-order valence-corrected chi connectivity index (χ0v) is 23.2. The third-order valence-electron chi connectivity index (χ3n) is 5.18. The van der Waals surface area contributed by atoms with Crippen molar-refractivity contribution in [1.29, 1.82) is 0 Å². The van der Waals surface area contributed by atoms with Crippen LogP contribution in [0.1, 0.15) is 65.0 Å². The molecule has 1 saturated heterocycles. The molecule has 0 aromatic heterocycles. The normalized spacial score (nSPS) is 16.7. The van der Waals surface area contributed by atoms with Gasteiger partial charge in [-0.25, -0.2) is 0 Å². The summed E-state index contributed by atoms with van der Waals surface area (Å²) in [6.07, 6.45) is 3.94. The molecule has 33 heavy (non-hydrogen) atoms. The second-order valence-corrected chi connectivity index (χ2v) is 8.19. The van der Waals surface area contributed by atoms with Crippen molar-refractivity contribution in [3.8, 4) is 11.5 Å². The zero-order valence-electron chi connectivity index (χ0n) is 20.9. The first kappa shape index (κ1) is 29.8. The maximum Gasteiger partial charge on any atom is 0.191 e. The highest BCUT2D eigenvalue weighted by atomic mass is 127. The fourth-order valence-corrected chi connectivity index (χ4v) is 3.38. The Bertz CT molecular complexity index is 669. The summed E-state index contributed by atoms with van der Waals surface area (Å²) in [7, 11) is 0.